The lowest BCUT2D eigenvalue weighted by molar-refractivity contribution is -0.279. The molecule has 4 rings (SSSR count). The van der Waals surface area contributed by atoms with E-state index >= 15 is 0 Å². The van der Waals surface area contributed by atoms with Crippen molar-refractivity contribution in [3.05, 3.63) is 12.2 Å². The highest BCUT2D eigenvalue weighted by Crippen LogP contribution is 2.49. The Balaban J connectivity index is 1.61. The number of carbonyl (C=O) groups excluding carboxylic acids is 1. The summed E-state index contributed by atoms with van der Waals surface area (Å²) in [7, 11) is 0. The van der Waals surface area contributed by atoms with Crippen molar-refractivity contribution in [2.24, 2.45) is 17.3 Å². The molecule has 0 bridgehead atoms. The highest BCUT2D eigenvalue weighted by atomic mass is 19.4. The molecule has 3 heterocycles. The molecule has 1 saturated carbocycles. The molecule has 9 atom stereocenters. The fraction of sp³-hybridized carbons (Fsp3) is 0.889. The summed E-state index contributed by atoms with van der Waals surface area (Å²) < 4.78 is 87.2. The largest absolute Gasteiger partial charge is 0.460 e. The molecule has 0 radical (unpaired) electrons. The van der Waals surface area contributed by atoms with Crippen LogP contribution >= 0.6 is 0 Å². The van der Waals surface area contributed by atoms with E-state index in [1.807, 2.05) is 6.92 Å². The Morgan fingerprint density at radius 1 is 1.08 bits per heavy atom. The monoisotopic (exact) mass is 536 g/mol. The van der Waals surface area contributed by atoms with Crippen LogP contribution in [0.5, 0.6) is 0 Å². The van der Waals surface area contributed by atoms with Gasteiger partial charge in [0.1, 0.15) is 6.10 Å². The predicted octanol–water partition coefficient (Wildman–Crippen LogP) is 6.02. The number of hydrogen-bond donors (Lipinski definition) is 0. The number of halogens is 4. The number of rotatable bonds is 10. The first-order valence-corrected chi connectivity index (χ1v) is 13.8. The number of carbonyl (C=O) groups is 1. The van der Waals surface area contributed by atoms with Crippen LogP contribution in [-0.4, -0.2) is 62.4 Å². The summed E-state index contributed by atoms with van der Waals surface area (Å²) in [4.78, 5) is 12.0. The summed E-state index contributed by atoms with van der Waals surface area (Å²) in [6, 6.07) is 0. The van der Waals surface area contributed by atoms with E-state index in [9.17, 15) is 22.4 Å². The molecule has 0 aromatic rings. The third-order valence-electron chi connectivity index (χ3n) is 8.33. The number of hydrogen-bond acceptors (Lipinski definition) is 6. The Morgan fingerprint density at radius 3 is 2.35 bits per heavy atom. The van der Waals surface area contributed by atoms with E-state index in [0.717, 1.165) is 25.7 Å². The lowest BCUT2D eigenvalue weighted by atomic mass is 9.77. The molecule has 0 aromatic carbocycles. The van der Waals surface area contributed by atoms with Crippen molar-refractivity contribution in [3.63, 3.8) is 0 Å². The molecule has 0 aromatic heterocycles. The summed E-state index contributed by atoms with van der Waals surface area (Å²) in [5.74, 6) is -2.40. The number of alkyl halides is 4. The average molecular weight is 537 g/mol. The van der Waals surface area contributed by atoms with Gasteiger partial charge in [0.15, 0.2) is 12.6 Å². The molecule has 0 N–H and O–H groups in total. The first kappa shape index (κ1) is 28.8. The average Bonchev–Trinajstić information content (AvgIpc) is 3.34. The first-order valence-electron chi connectivity index (χ1n) is 13.8. The molecule has 4 fully saturated rings. The molecule has 0 amide bonds. The van der Waals surface area contributed by atoms with Gasteiger partial charge in [0.05, 0.1) is 17.6 Å². The van der Waals surface area contributed by atoms with Crippen LogP contribution in [0.2, 0.25) is 0 Å². The second-order valence-corrected chi connectivity index (χ2v) is 11.0. The molecule has 37 heavy (non-hydrogen) atoms. The number of unbranched alkanes of at least 4 members (excludes halogenated alkanes) is 1. The second kappa shape index (κ2) is 12.3. The lowest BCUT2D eigenvalue weighted by Crippen LogP contribution is -2.48. The van der Waals surface area contributed by atoms with Crippen LogP contribution in [0.4, 0.5) is 17.6 Å². The number of fused-ring (bicyclic) bond motifs is 1. The van der Waals surface area contributed by atoms with E-state index in [1.54, 1.807) is 6.08 Å². The van der Waals surface area contributed by atoms with Gasteiger partial charge in [0.25, 0.3) is 0 Å². The molecule has 3 saturated heterocycles. The van der Waals surface area contributed by atoms with Gasteiger partial charge >= 0.3 is 12.1 Å². The van der Waals surface area contributed by atoms with Crippen molar-refractivity contribution in [2.75, 3.05) is 13.2 Å². The van der Waals surface area contributed by atoms with Gasteiger partial charge in [-0.2, -0.15) is 13.2 Å². The van der Waals surface area contributed by atoms with Gasteiger partial charge in [-0.1, -0.05) is 31.9 Å². The molecular weight excluding hydrogens is 496 g/mol. The zero-order chi connectivity index (χ0) is 26.6. The maximum Gasteiger partial charge on any atom is 0.397 e. The van der Waals surface area contributed by atoms with E-state index < -0.39 is 66.5 Å². The van der Waals surface area contributed by atoms with E-state index in [2.05, 4.69) is 0 Å². The van der Waals surface area contributed by atoms with E-state index in [0.29, 0.717) is 38.9 Å². The number of ether oxygens (including phenoxy) is 5. The van der Waals surface area contributed by atoms with Gasteiger partial charge in [-0.25, -0.2) is 9.18 Å². The Morgan fingerprint density at radius 2 is 1.76 bits per heavy atom. The Kier molecular flexibility index (Phi) is 9.57. The van der Waals surface area contributed by atoms with Gasteiger partial charge < -0.3 is 23.7 Å². The zero-order valence-corrected chi connectivity index (χ0v) is 21.7. The van der Waals surface area contributed by atoms with Crippen molar-refractivity contribution in [1.82, 2.24) is 0 Å². The molecule has 1 aliphatic carbocycles. The van der Waals surface area contributed by atoms with Crippen molar-refractivity contribution >= 4 is 5.97 Å². The molecular formula is C27H40F4O6. The van der Waals surface area contributed by atoms with Crippen LogP contribution in [0, 0.1) is 17.3 Å². The van der Waals surface area contributed by atoms with Crippen LogP contribution < -0.4 is 0 Å². The van der Waals surface area contributed by atoms with Crippen molar-refractivity contribution in [2.45, 2.75) is 121 Å². The first-order chi connectivity index (χ1) is 17.6. The lowest BCUT2D eigenvalue weighted by Gasteiger charge is -2.40. The second-order valence-electron chi connectivity index (χ2n) is 11.0. The van der Waals surface area contributed by atoms with E-state index in [-0.39, 0.29) is 12.8 Å². The minimum Gasteiger partial charge on any atom is -0.460 e. The zero-order valence-electron chi connectivity index (χ0n) is 21.7. The van der Waals surface area contributed by atoms with Gasteiger partial charge in [0.2, 0.25) is 6.17 Å². The summed E-state index contributed by atoms with van der Waals surface area (Å²) >= 11 is 0. The normalized spacial score (nSPS) is 37.4. The van der Waals surface area contributed by atoms with Crippen LogP contribution in [0.25, 0.3) is 0 Å². The predicted molar refractivity (Wildman–Crippen MR) is 126 cm³/mol. The standard InChI is InChI=1S/C27H40F4O6/c1-3-4-13-26(2,27(29,30)31)20(37-22-10-6-8-15-34-22)12-11-17-18(35-21-9-5-7-14-33-21)16-19-23(17)24(28)25(32)36-19/h11-12,17-24H,3-10,13-16H2,1-2H3/b12-11+/t17-,18+,19-,20?,21?,22?,23+,24-,26?/m1/s1. The van der Waals surface area contributed by atoms with Crippen LogP contribution in [0.15, 0.2) is 12.2 Å². The van der Waals surface area contributed by atoms with Crippen LogP contribution in [0.3, 0.4) is 0 Å². The van der Waals surface area contributed by atoms with Crippen molar-refractivity contribution < 1.29 is 46.0 Å². The third-order valence-corrected chi connectivity index (χ3v) is 8.33. The van der Waals surface area contributed by atoms with Crippen LogP contribution in [-0.2, 0) is 28.5 Å². The minimum absolute atomic E-state index is 0.116. The Bertz CT molecular complexity index is 779. The summed E-state index contributed by atoms with van der Waals surface area (Å²) in [5, 5.41) is 0. The molecule has 0 spiro atoms. The quantitative estimate of drug-likeness (QED) is 0.193. The van der Waals surface area contributed by atoms with Crippen molar-refractivity contribution in [3.8, 4) is 0 Å². The summed E-state index contributed by atoms with van der Waals surface area (Å²) in [6.45, 7) is 4.02. The highest BCUT2D eigenvalue weighted by molar-refractivity contribution is 5.77. The fourth-order valence-electron chi connectivity index (χ4n) is 5.94. The molecule has 3 aliphatic heterocycles. The smallest absolute Gasteiger partial charge is 0.397 e. The topological polar surface area (TPSA) is 63.2 Å². The molecule has 212 valence electrons. The Labute approximate surface area is 216 Å². The number of esters is 1. The van der Waals surface area contributed by atoms with Crippen molar-refractivity contribution in [1.29, 1.82) is 0 Å². The fourth-order valence-corrected chi connectivity index (χ4v) is 5.94. The molecule has 4 unspecified atom stereocenters. The molecule has 6 nitrogen and oxygen atoms in total. The highest BCUT2D eigenvalue weighted by Gasteiger charge is 2.58. The van der Waals surface area contributed by atoms with E-state index in [1.165, 1.54) is 13.0 Å². The molecule has 10 heteroatoms. The maximum absolute atomic E-state index is 14.9. The maximum atomic E-state index is 14.9. The van der Waals surface area contributed by atoms with Gasteiger partial charge in [-0.15, -0.1) is 0 Å². The van der Waals surface area contributed by atoms with Gasteiger partial charge in [0, 0.05) is 31.5 Å². The summed E-state index contributed by atoms with van der Waals surface area (Å²) in [5.41, 5.74) is -2.17. The summed E-state index contributed by atoms with van der Waals surface area (Å²) in [6.07, 6.45) is -1.33. The third kappa shape index (κ3) is 6.50. The van der Waals surface area contributed by atoms with E-state index in [4.69, 9.17) is 23.7 Å². The SMILES string of the molecule is CCCCC(C)(C(/C=C/[C@H]1[C@H]2[C@@H](C[C@@H]1OC1CCCCO1)OC(=O)[C@@H]2F)OC1CCCCO1)C(F)(F)F. The van der Waals surface area contributed by atoms with Crippen LogP contribution in [0.1, 0.15) is 78.1 Å². The Hall–Kier alpha value is -1.23. The van der Waals surface area contributed by atoms with Gasteiger partial charge in [-0.05, 0) is 51.9 Å². The molecule has 4 aliphatic rings. The minimum atomic E-state index is -4.54. The van der Waals surface area contributed by atoms with Gasteiger partial charge in [-0.3, -0.25) is 0 Å².